The van der Waals surface area contributed by atoms with Gasteiger partial charge in [-0.3, -0.25) is 4.98 Å². The van der Waals surface area contributed by atoms with Gasteiger partial charge in [0.05, 0.1) is 6.10 Å². The first-order chi connectivity index (χ1) is 13.3. The molecule has 1 N–H and O–H groups in total. The minimum atomic E-state index is -0.121. The van der Waals surface area contributed by atoms with Gasteiger partial charge >= 0.3 is 0 Å². The van der Waals surface area contributed by atoms with Gasteiger partial charge in [0.15, 0.2) is 0 Å². The molecule has 0 aromatic carbocycles. The predicted octanol–water partition coefficient (Wildman–Crippen LogP) is 6.03. The van der Waals surface area contributed by atoms with Crippen LogP contribution in [-0.4, -0.2) is 16.2 Å². The van der Waals surface area contributed by atoms with Crippen LogP contribution in [0, 0.1) is 34.5 Å². The van der Waals surface area contributed by atoms with E-state index >= 15 is 0 Å². The fourth-order valence-electron chi connectivity index (χ4n) is 8.02. The Kier molecular flexibility index (Phi) is 4.18. The van der Waals surface area contributed by atoms with Crippen molar-refractivity contribution in [2.24, 2.45) is 34.5 Å². The lowest BCUT2D eigenvalue weighted by Gasteiger charge is -2.59. The molecule has 2 saturated carbocycles. The van der Waals surface area contributed by atoms with Crippen LogP contribution in [0.1, 0.15) is 71.8 Å². The molecular weight excluding hydrogens is 342 g/mol. The Bertz CT molecular complexity index is 839. The molecule has 28 heavy (non-hydrogen) atoms. The van der Waals surface area contributed by atoms with E-state index in [0.29, 0.717) is 11.3 Å². The zero-order valence-electron chi connectivity index (χ0n) is 17.9. The van der Waals surface area contributed by atoms with E-state index in [-0.39, 0.29) is 11.5 Å². The van der Waals surface area contributed by atoms with Crippen molar-refractivity contribution in [1.82, 2.24) is 4.98 Å². The Labute approximate surface area is 170 Å². The van der Waals surface area contributed by atoms with Crippen molar-refractivity contribution in [3.63, 3.8) is 0 Å². The molecule has 0 unspecified atom stereocenters. The second kappa shape index (κ2) is 6.29. The van der Waals surface area contributed by atoms with Crippen LogP contribution in [0.25, 0.3) is 5.57 Å². The minimum Gasteiger partial charge on any atom is -0.393 e. The van der Waals surface area contributed by atoms with Crippen molar-refractivity contribution in [3.05, 3.63) is 47.3 Å². The number of allylic oxidation sites excluding steroid dienone is 3. The number of fused-ring (bicyclic) bond motifs is 5. The van der Waals surface area contributed by atoms with Gasteiger partial charge in [-0.05, 0) is 97.2 Å². The van der Waals surface area contributed by atoms with Gasteiger partial charge in [-0.1, -0.05) is 44.1 Å². The summed E-state index contributed by atoms with van der Waals surface area (Å²) >= 11 is 0. The largest absolute Gasteiger partial charge is 0.393 e. The molecule has 0 spiro atoms. The summed E-state index contributed by atoms with van der Waals surface area (Å²) in [5, 5.41) is 10.3. The maximum absolute atomic E-state index is 10.3. The molecule has 0 bridgehead atoms. The number of nitrogens with zero attached hydrogens (tertiary/aromatic N) is 1. The zero-order chi connectivity index (χ0) is 19.7. The van der Waals surface area contributed by atoms with Crippen LogP contribution < -0.4 is 0 Å². The molecule has 5 rings (SSSR count). The molecule has 1 aromatic rings. The van der Waals surface area contributed by atoms with Gasteiger partial charge in [0.1, 0.15) is 0 Å². The highest BCUT2D eigenvalue weighted by molar-refractivity contribution is 5.75. The number of aliphatic hydroxyl groups excluding tert-OH is 1. The highest BCUT2D eigenvalue weighted by atomic mass is 16.3. The van der Waals surface area contributed by atoms with E-state index in [1.165, 1.54) is 31.2 Å². The lowest BCUT2D eigenvalue weighted by molar-refractivity contribution is -0.0428. The smallest absolute Gasteiger partial charge is 0.0577 e. The van der Waals surface area contributed by atoms with E-state index in [1.807, 2.05) is 6.20 Å². The molecule has 0 saturated heterocycles. The first-order valence-corrected chi connectivity index (χ1v) is 11.3. The third-order valence-corrected chi connectivity index (χ3v) is 9.27. The molecule has 0 amide bonds. The number of hydrogen-bond donors (Lipinski definition) is 1. The van der Waals surface area contributed by atoms with E-state index in [4.69, 9.17) is 0 Å². The van der Waals surface area contributed by atoms with Gasteiger partial charge in [0.2, 0.25) is 0 Å². The molecule has 2 fully saturated rings. The van der Waals surface area contributed by atoms with Gasteiger partial charge in [0.25, 0.3) is 0 Å². The fourth-order valence-corrected chi connectivity index (χ4v) is 8.02. The van der Waals surface area contributed by atoms with Crippen molar-refractivity contribution >= 4 is 5.57 Å². The Morgan fingerprint density at radius 2 is 1.86 bits per heavy atom. The molecule has 4 aliphatic rings. The molecule has 2 nitrogen and oxygen atoms in total. The van der Waals surface area contributed by atoms with Gasteiger partial charge < -0.3 is 5.11 Å². The summed E-state index contributed by atoms with van der Waals surface area (Å²) < 4.78 is 0. The third kappa shape index (κ3) is 2.46. The Balaban J connectivity index is 1.55. The first-order valence-electron chi connectivity index (χ1n) is 11.3. The monoisotopic (exact) mass is 377 g/mol. The molecule has 0 radical (unpaired) electrons. The van der Waals surface area contributed by atoms with Crippen LogP contribution in [0.15, 0.2) is 41.7 Å². The molecule has 2 heteroatoms. The quantitative estimate of drug-likeness (QED) is 0.606. The first kappa shape index (κ1) is 18.6. The maximum atomic E-state index is 10.3. The van der Waals surface area contributed by atoms with Crippen molar-refractivity contribution in [2.75, 3.05) is 0 Å². The van der Waals surface area contributed by atoms with Crippen LogP contribution in [-0.2, 0) is 0 Å². The van der Waals surface area contributed by atoms with E-state index in [1.54, 1.807) is 16.7 Å². The molecule has 7 atom stereocenters. The fraction of sp³-hybridized carbons (Fsp3) is 0.654. The Morgan fingerprint density at radius 1 is 1.07 bits per heavy atom. The van der Waals surface area contributed by atoms with Crippen LogP contribution >= 0.6 is 0 Å². The van der Waals surface area contributed by atoms with Crippen LogP contribution in [0.3, 0.4) is 0 Å². The second-order valence-corrected chi connectivity index (χ2v) is 10.7. The average Bonchev–Trinajstić information content (AvgIpc) is 2.94. The normalized spacial score (nSPS) is 45.2. The number of pyridine rings is 1. The van der Waals surface area contributed by atoms with Crippen LogP contribution in [0.4, 0.5) is 0 Å². The molecule has 1 aromatic heterocycles. The van der Waals surface area contributed by atoms with Crippen molar-refractivity contribution in [1.29, 1.82) is 0 Å². The topological polar surface area (TPSA) is 33.1 Å². The average molecular weight is 378 g/mol. The third-order valence-electron chi connectivity index (χ3n) is 9.27. The Morgan fingerprint density at radius 3 is 2.61 bits per heavy atom. The highest BCUT2D eigenvalue weighted by Gasteiger charge is 2.59. The minimum absolute atomic E-state index is 0.121. The van der Waals surface area contributed by atoms with E-state index in [2.05, 4.69) is 57.1 Å². The second-order valence-electron chi connectivity index (χ2n) is 10.7. The summed E-state index contributed by atoms with van der Waals surface area (Å²) in [7, 11) is 0. The zero-order valence-corrected chi connectivity index (χ0v) is 17.9. The highest BCUT2D eigenvalue weighted by Crippen LogP contribution is 2.68. The van der Waals surface area contributed by atoms with Gasteiger partial charge in [-0.25, -0.2) is 0 Å². The van der Waals surface area contributed by atoms with E-state index < -0.39 is 0 Å². The lowest BCUT2D eigenvalue weighted by Crippen LogP contribution is -2.52. The van der Waals surface area contributed by atoms with Gasteiger partial charge in [-0.15, -0.1) is 0 Å². The van der Waals surface area contributed by atoms with E-state index in [0.717, 1.165) is 30.6 Å². The number of hydrogen-bond acceptors (Lipinski definition) is 2. The summed E-state index contributed by atoms with van der Waals surface area (Å²) in [5.41, 5.74) is 6.68. The standard InChI is InChI=1S/C26H35NO/c1-16-12-19-14-20(28)7-9-25(19,3)21-8-10-26(4)22(23(16)21)13-17(2)24(26)18-6-5-11-27-15-18/h5-6,11-12,15-16,20-23,28H,7-10,13-14H2,1-4H3/t16-,20-,21-,22-,23+,25-,26-/m0/s1. The SMILES string of the molecule is CC1=C(c2cccnc2)[C@@]2(C)CC[C@H]3[C@@H]([C@@H](C)C=C4C[C@@H](O)CC[C@@]43C)[C@@H]2C1. The number of aromatic nitrogens is 1. The lowest BCUT2D eigenvalue weighted by atomic mass is 9.45. The van der Waals surface area contributed by atoms with Crippen LogP contribution in [0.2, 0.25) is 0 Å². The predicted molar refractivity (Wildman–Crippen MR) is 114 cm³/mol. The summed E-state index contributed by atoms with van der Waals surface area (Å²) in [4.78, 5) is 4.43. The molecule has 0 aliphatic heterocycles. The van der Waals surface area contributed by atoms with Crippen molar-refractivity contribution in [2.45, 2.75) is 72.3 Å². The summed E-state index contributed by atoms with van der Waals surface area (Å²) in [6.45, 7) is 9.89. The summed E-state index contributed by atoms with van der Waals surface area (Å²) in [6, 6.07) is 4.35. The summed E-state index contributed by atoms with van der Waals surface area (Å²) in [5.74, 6) is 2.88. The van der Waals surface area contributed by atoms with Crippen molar-refractivity contribution in [3.8, 4) is 0 Å². The van der Waals surface area contributed by atoms with E-state index in [9.17, 15) is 5.11 Å². The van der Waals surface area contributed by atoms with Gasteiger partial charge in [-0.2, -0.15) is 0 Å². The van der Waals surface area contributed by atoms with Crippen LogP contribution in [0.5, 0.6) is 0 Å². The number of rotatable bonds is 1. The van der Waals surface area contributed by atoms with Crippen molar-refractivity contribution < 1.29 is 5.11 Å². The maximum Gasteiger partial charge on any atom is 0.0577 e. The summed E-state index contributed by atoms with van der Waals surface area (Å²) in [6.07, 6.45) is 13.3. The molecule has 1 heterocycles. The van der Waals surface area contributed by atoms with Gasteiger partial charge in [0, 0.05) is 12.4 Å². The Hall–Kier alpha value is -1.41. The molecule has 4 aliphatic carbocycles. The molecular formula is C26H35NO. The number of aliphatic hydroxyl groups is 1. The molecule has 150 valence electrons.